The summed E-state index contributed by atoms with van der Waals surface area (Å²) in [4.78, 5) is 7.40. The predicted octanol–water partition coefficient (Wildman–Crippen LogP) is 2.12. The third kappa shape index (κ3) is 2.02. The molecule has 0 spiro atoms. The summed E-state index contributed by atoms with van der Waals surface area (Å²) >= 11 is 1.64. The van der Waals surface area contributed by atoms with E-state index in [9.17, 15) is 0 Å². The van der Waals surface area contributed by atoms with Crippen LogP contribution in [0.3, 0.4) is 0 Å². The van der Waals surface area contributed by atoms with Crippen LogP contribution in [-0.2, 0) is 5.41 Å². The summed E-state index contributed by atoms with van der Waals surface area (Å²) in [5, 5.41) is 0.998. The van der Waals surface area contributed by atoms with Gasteiger partial charge < -0.3 is 4.90 Å². The summed E-state index contributed by atoms with van der Waals surface area (Å²) in [5.41, 5.74) is -0.202. The van der Waals surface area contributed by atoms with Gasteiger partial charge in [-0.1, -0.05) is 5.92 Å². The normalized spacial score (nSPS) is 11.0. The topological polar surface area (TPSA) is 16.1 Å². The largest absolute Gasteiger partial charge is 0.354 e. The standard InChI is InChI=1S/C10H14N2S/c1-6-10(2,3)8-7-11-9(13-8)12(4)5/h1,7H,2-5H3. The Morgan fingerprint density at radius 2 is 2.15 bits per heavy atom. The zero-order chi connectivity index (χ0) is 10.1. The lowest BCUT2D eigenvalue weighted by Crippen LogP contribution is -2.11. The summed E-state index contributed by atoms with van der Waals surface area (Å²) in [6.45, 7) is 4.06. The van der Waals surface area contributed by atoms with Crippen molar-refractivity contribution in [2.45, 2.75) is 19.3 Å². The fraction of sp³-hybridized carbons (Fsp3) is 0.500. The summed E-state index contributed by atoms with van der Waals surface area (Å²) < 4.78 is 0. The summed E-state index contributed by atoms with van der Waals surface area (Å²) in [6, 6.07) is 0. The molecule has 1 rings (SSSR count). The third-order valence-electron chi connectivity index (χ3n) is 1.85. The number of hydrogen-bond donors (Lipinski definition) is 0. The van der Waals surface area contributed by atoms with Crippen LogP contribution in [-0.4, -0.2) is 19.1 Å². The van der Waals surface area contributed by atoms with Crippen LogP contribution in [0.15, 0.2) is 6.20 Å². The van der Waals surface area contributed by atoms with Gasteiger partial charge in [0, 0.05) is 25.2 Å². The number of anilines is 1. The molecule has 1 aromatic heterocycles. The van der Waals surface area contributed by atoms with Crippen molar-refractivity contribution in [3.8, 4) is 12.3 Å². The molecule has 0 radical (unpaired) electrons. The van der Waals surface area contributed by atoms with Crippen LogP contribution >= 0.6 is 11.3 Å². The van der Waals surface area contributed by atoms with Crippen molar-refractivity contribution in [2.24, 2.45) is 0 Å². The highest BCUT2D eigenvalue weighted by molar-refractivity contribution is 7.15. The Bertz CT molecular complexity index is 331. The molecule has 0 aromatic carbocycles. The van der Waals surface area contributed by atoms with Crippen molar-refractivity contribution in [3.63, 3.8) is 0 Å². The second kappa shape index (κ2) is 3.39. The molecule has 0 amide bonds. The molecule has 0 unspecified atom stereocenters. The smallest absolute Gasteiger partial charge is 0.185 e. The number of terminal acetylenes is 1. The van der Waals surface area contributed by atoms with Crippen molar-refractivity contribution >= 4 is 16.5 Å². The Labute approximate surface area is 83.6 Å². The van der Waals surface area contributed by atoms with Gasteiger partial charge in [0.05, 0.1) is 5.41 Å². The monoisotopic (exact) mass is 194 g/mol. The zero-order valence-electron chi connectivity index (χ0n) is 8.46. The number of aromatic nitrogens is 1. The molecule has 0 aliphatic carbocycles. The number of hydrogen-bond acceptors (Lipinski definition) is 3. The zero-order valence-corrected chi connectivity index (χ0v) is 9.27. The first-order valence-corrected chi connectivity index (χ1v) is 4.90. The van der Waals surface area contributed by atoms with Crippen molar-refractivity contribution in [1.29, 1.82) is 0 Å². The van der Waals surface area contributed by atoms with E-state index >= 15 is 0 Å². The van der Waals surface area contributed by atoms with E-state index in [-0.39, 0.29) is 5.41 Å². The van der Waals surface area contributed by atoms with Gasteiger partial charge in [0.25, 0.3) is 0 Å². The van der Waals surface area contributed by atoms with Gasteiger partial charge in [0.1, 0.15) is 0 Å². The van der Waals surface area contributed by atoms with Crippen LogP contribution in [0.5, 0.6) is 0 Å². The Hall–Kier alpha value is -1.01. The molecule has 1 aromatic rings. The third-order valence-corrected chi connectivity index (χ3v) is 3.34. The number of thiazole rings is 1. The second-order valence-corrected chi connectivity index (χ2v) is 4.68. The van der Waals surface area contributed by atoms with Crippen molar-refractivity contribution in [1.82, 2.24) is 4.98 Å². The first-order valence-electron chi connectivity index (χ1n) is 4.09. The highest BCUT2D eigenvalue weighted by Crippen LogP contribution is 2.30. The fourth-order valence-corrected chi connectivity index (χ4v) is 1.74. The highest BCUT2D eigenvalue weighted by Gasteiger charge is 2.20. The molecule has 0 saturated carbocycles. The van der Waals surface area contributed by atoms with Gasteiger partial charge in [-0.3, -0.25) is 0 Å². The van der Waals surface area contributed by atoms with Crippen LogP contribution in [0, 0.1) is 12.3 Å². The molecule has 2 nitrogen and oxygen atoms in total. The van der Waals surface area contributed by atoms with Crippen LogP contribution < -0.4 is 4.90 Å². The summed E-state index contributed by atoms with van der Waals surface area (Å²) in [6.07, 6.45) is 7.30. The number of rotatable bonds is 2. The van der Waals surface area contributed by atoms with Gasteiger partial charge in [0.15, 0.2) is 5.13 Å². The molecule has 13 heavy (non-hydrogen) atoms. The molecular formula is C10H14N2S. The molecule has 70 valence electrons. The predicted molar refractivity (Wildman–Crippen MR) is 58.3 cm³/mol. The molecule has 0 aliphatic rings. The molecular weight excluding hydrogens is 180 g/mol. The molecule has 0 fully saturated rings. The minimum atomic E-state index is -0.202. The molecule has 0 atom stereocenters. The van der Waals surface area contributed by atoms with Crippen molar-refractivity contribution in [3.05, 3.63) is 11.1 Å². The van der Waals surface area contributed by atoms with E-state index in [1.807, 2.05) is 39.0 Å². The van der Waals surface area contributed by atoms with Crippen LogP contribution in [0.2, 0.25) is 0 Å². The average molecular weight is 194 g/mol. The maximum Gasteiger partial charge on any atom is 0.185 e. The van der Waals surface area contributed by atoms with Gasteiger partial charge in [-0.15, -0.1) is 17.8 Å². The molecule has 0 bridgehead atoms. The van der Waals surface area contributed by atoms with Crippen molar-refractivity contribution < 1.29 is 0 Å². The van der Waals surface area contributed by atoms with Gasteiger partial charge in [-0.25, -0.2) is 4.98 Å². The number of nitrogens with zero attached hydrogens (tertiary/aromatic N) is 2. The van der Waals surface area contributed by atoms with Gasteiger partial charge in [-0.2, -0.15) is 0 Å². The van der Waals surface area contributed by atoms with E-state index in [1.54, 1.807) is 11.3 Å². The Kier molecular flexibility index (Phi) is 2.63. The van der Waals surface area contributed by atoms with E-state index in [0.717, 1.165) is 10.0 Å². The Morgan fingerprint density at radius 3 is 2.54 bits per heavy atom. The van der Waals surface area contributed by atoms with E-state index in [1.165, 1.54) is 0 Å². The first kappa shape index (κ1) is 10.1. The van der Waals surface area contributed by atoms with Gasteiger partial charge >= 0.3 is 0 Å². The summed E-state index contributed by atoms with van der Waals surface area (Å²) in [7, 11) is 3.96. The lowest BCUT2D eigenvalue weighted by Gasteiger charge is -2.13. The minimum absolute atomic E-state index is 0.202. The second-order valence-electron chi connectivity index (χ2n) is 3.67. The molecule has 0 saturated heterocycles. The molecule has 0 N–H and O–H groups in total. The first-order chi connectivity index (χ1) is 5.97. The van der Waals surface area contributed by atoms with E-state index in [4.69, 9.17) is 6.42 Å². The SMILES string of the molecule is C#CC(C)(C)c1cnc(N(C)C)s1. The maximum atomic E-state index is 5.44. The lowest BCUT2D eigenvalue weighted by molar-refractivity contribution is 0.714. The quantitative estimate of drug-likeness (QED) is 0.670. The van der Waals surface area contributed by atoms with Crippen LogP contribution in [0.25, 0.3) is 0 Å². The van der Waals surface area contributed by atoms with E-state index in [2.05, 4.69) is 10.9 Å². The molecule has 3 heteroatoms. The van der Waals surface area contributed by atoms with Crippen LogP contribution in [0.4, 0.5) is 5.13 Å². The van der Waals surface area contributed by atoms with Crippen LogP contribution in [0.1, 0.15) is 18.7 Å². The Balaban J connectivity index is 3.00. The highest BCUT2D eigenvalue weighted by atomic mass is 32.1. The average Bonchev–Trinajstić information content (AvgIpc) is 2.52. The summed E-state index contributed by atoms with van der Waals surface area (Å²) in [5.74, 6) is 2.76. The van der Waals surface area contributed by atoms with Crippen molar-refractivity contribution in [2.75, 3.05) is 19.0 Å². The maximum absolute atomic E-state index is 5.44. The molecule has 1 heterocycles. The van der Waals surface area contributed by atoms with E-state index in [0.29, 0.717) is 0 Å². The van der Waals surface area contributed by atoms with Gasteiger partial charge in [0.2, 0.25) is 0 Å². The fourth-order valence-electron chi connectivity index (χ4n) is 0.832. The lowest BCUT2D eigenvalue weighted by atomic mass is 9.94. The Morgan fingerprint density at radius 1 is 1.54 bits per heavy atom. The van der Waals surface area contributed by atoms with E-state index < -0.39 is 0 Å². The minimum Gasteiger partial charge on any atom is -0.354 e. The van der Waals surface area contributed by atoms with Gasteiger partial charge in [-0.05, 0) is 13.8 Å². The molecule has 0 aliphatic heterocycles.